The summed E-state index contributed by atoms with van der Waals surface area (Å²) < 4.78 is 32.9. The van der Waals surface area contributed by atoms with Gasteiger partial charge >= 0.3 is 11.9 Å². The van der Waals surface area contributed by atoms with Crippen molar-refractivity contribution in [1.29, 1.82) is 0 Å². The van der Waals surface area contributed by atoms with Gasteiger partial charge in [-0.3, -0.25) is 14.4 Å². The maximum absolute atomic E-state index is 14.6. The fourth-order valence-electron chi connectivity index (χ4n) is 4.91. The monoisotopic (exact) mass is 520 g/mol. The van der Waals surface area contributed by atoms with E-state index in [1.54, 1.807) is 66.7 Å². The van der Waals surface area contributed by atoms with Crippen LogP contribution in [0.1, 0.15) is 27.4 Å². The van der Waals surface area contributed by atoms with Gasteiger partial charge in [-0.25, -0.2) is 0 Å². The van der Waals surface area contributed by atoms with Gasteiger partial charge in [-0.1, -0.05) is 42.5 Å². The number of rotatable bonds is 9. The lowest BCUT2D eigenvalue weighted by molar-refractivity contribution is -0.162. The summed E-state index contributed by atoms with van der Waals surface area (Å²) >= 11 is 0. The fraction of sp³-hybridized carbons (Fsp3) is 0.276. The van der Waals surface area contributed by atoms with Gasteiger partial charge < -0.3 is 28.4 Å². The Labute approximate surface area is 220 Å². The second-order valence-corrected chi connectivity index (χ2v) is 8.51. The first-order valence-corrected chi connectivity index (χ1v) is 11.7. The molecule has 198 valence electrons. The first-order valence-electron chi connectivity index (χ1n) is 11.7. The number of carbonyl (C=O) groups is 3. The largest absolute Gasteiger partial charge is 0.497 e. The lowest BCUT2D eigenvalue weighted by Gasteiger charge is -2.38. The molecule has 38 heavy (non-hydrogen) atoms. The zero-order valence-electron chi connectivity index (χ0n) is 21.7. The number of hydrogen-bond donors (Lipinski definition) is 0. The van der Waals surface area contributed by atoms with Crippen LogP contribution in [0.25, 0.3) is 0 Å². The highest BCUT2D eigenvalue weighted by Crippen LogP contribution is 2.55. The Kier molecular flexibility index (Phi) is 7.57. The van der Waals surface area contributed by atoms with Gasteiger partial charge in [-0.05, 0) is 17.7 Å². The van der Waals surface area contributed by atoms with Gasteiger partial charge in [-0.2, -0.15) is 0 Å². The number of Topliss-reactive ketones (excluding diaryl/α,β-unsaturated/α-hetero) is 1. The van der Waals surface area contributed by atoms with Crippen molar-refractivity contribution in [2.45, 2.75) is 11.5 Å². The van der Waals surface area contributed by atoms with Crippen molar-refractivity contribution in [3.63, 3.8) is 0 Å². The molecule has 1 aliphatic rings. The van der Waals surface area contributed by atoms with E-state index in [4.69, 9.17) is 28.4 Å². The van der Waals surface area contributed by atoms with Gasteiger partial charge in [0.1, 0.15) is 28.6 Å². The molecular formula is C29H28O9. The van der Waals surface area contributed by atoms with Crippen LogP contribution >= 0.6 is 0 Å². The van der Waals surface area contributed by atoms with E-state index in [0.29, 0.717) is 22.6 Å². The summed E-state index contributed by atoms with van der Waals surface area (Å²) in [4.78, 5) is 41.0. The molecule has 0 fully saturated rings. The molecule has 1 aliphatic heterocycles. The van der Waals surface area contributed by atoms with Crippen molar-refractivity contribution < 1.29 is 42.8 Å². The number of fused-ring (bicyclic) bond motifs is 1. The van der Waals surface area contributed by atoms with Crippen molar-refractivity contribution >= 4 is 17.7 Å². The van der Waals surface area contributed by atoms with Crippen LogP contribution in [0, 0.1) is 5.92 Å². The second kappa shape index (κ2) is 10.8. The minimum Gasteiger partial charge on any atom is -0.497 e. The van der Waals surface area contributed by atoms with Crippen LogP contribution in [0.15, 0.2) is 66.7 Å². The summed E-state index contributed by atoms with van der Waals surface area (Å²) in [6.07, 6.45) is 0. The van der Waals surface area contributed by atoms with E-state index < -0.39 is 35.2 Å². The minimum absolute atomic E-state index is 0.151. The van der Waals surface area contributed by atoms with E-state index in [1.165, 1.54) is 35.5 Å². The molecule has 0 spiro atoms. The second-order valence-electron chi connectivity index (χ2n) is 8.51. The smallest absolute Gasteiger partial charge is 0.320 e. The van der Waals surface area contributed by atoms with Crippen LogP contribution in [-0.4, -0.2) is 53.3 Å². The third kappa shape index (κ3) is 4.30. The van der Waals surface area contributed by atoms with E-state index in [9.17, 15) is 14.4 Å². The molecule has 0 saturated carbocycles. The molecule has 0 saturated heterocycles. The predicted molar refractivity (Wildman–Crippen MR) is 136 cm³/mol. The van der Waals surface area contributed by atoms with E-state index >= 15 is 0 Å². The number of methoxy groups -OCH3 is 5. The lowest BCUT2D eigenvalue weighted by atomic mass is 9.68. The molecular weight excluding hydrogens is 492 g/mol. The highest BCUT2D eigenvalue weighted by atomic mass is 16.5. The number of carbonyl (C=O) groups excluding carboxylic acids is 3. The van der Waals surface area contributed by atoms with E-state index in [0.717, 1.165) is 0 Å². The van der Waals surface area contributed by atoms with E-state index in [2.05, 4.69) is 0 Å². The van der Waals surface area contributed by atoms with Crippen molar-refractivity contribution in [1.82, 2.24) is 0 Å². The van der Waals surface area contributed by atoms with Crippen molar-refractivity contribution in [3.05, 3.63) is 83.4 Å². The predicted octanol–water partition coefficient (Wildman–Crippen LogP) is 3.93. The summed E-state index contributed by atoms with van der Waals surface area (Å²) in [6.45, 7) is 0. The molecule has 0 N–H and O–H groups in total. The Morgan fingerprint density at radius 2 is 1.37 bits per heavy atom. The number of hydrogen-bond acceptors (Lipinski definition) is 9. The maximum Gasteiger partial charge on any atom is 0.320 e. The van der Waals surface area contributed by atoms with Crippen LogP contribution in [0.5, 0.6) is 23.0 Å². The summed E-state index contributed by atoms with van der Waals surface area (Å²) in [5.41, 5.74) is -0.884. The topological polar surface area (TPSA) is 107 Å². The van der Waals surface area contributed by atoms with Crippen LogP contribution in [0.2, 0.25) is 0 Å². The molecule has 4 rings (SSSR count). The van der Waals surface area contributed by atoms with Crippen LogP contribution in [-0.2, 0) is 24.7 Å². The van der Waals surface area contributed by atoms with Crippen molar-refractivity contribution in [2.24, 2.45) is 5.92 Å². The molecule has 0 bridgehead atoms. The Morgan fingerprint density at radius 1 is 0.763 bits per heavy atom. The molecule has 0 aromatic heterocycles. The molecule has 3 aromatic rings. The molecule has 0 aliphatic carbocycles. The Balaban J connectivity index is 2.09. The Hall–Kier alpha value is -4.53. The normalized spacial score (nSPS) is 16.7. The van der Waals surface area contributed by atoms with Gasteiger partial charge in [-0.15, -0.1) is 0 Å². The first kappa shape index (κ1) is 26.5. The van der Waals surface area contributed by atoms with Crippen molar-refractivity contribution in [3.8, 4) is 23.0 Å². The zero-order chi connectivity index (χ0) is 27.4. The molecule has 3 aromatic carbocycles. The first-order chi connectivity index (χ1) is 18.4. The molecule has 0 radical (unpaired) electrons. The summed E-state index contributed by atoms with van der Waals surface area (Å²) in [5.74, 6) is -3.69. The highest BCUT2D eigenvalue weighted by Gasteiger charge is 2.61. The third-order valence-corrected chi connectivity index (χ3v) is 6.69. The molecule has 2 unspecified atom stereocenters. The zero-order valence-corrected chi connectivity index (χ0v) is 21.7. The third-order valence-electron chi connectivity index (χ3n) is 6.69. The van der Waals surface area contributed by atoms with Crippen LogP contribution in [0.4, 0.5) is 0 Å². The average Bonchev–Trinajstić information content (AvgIpc) is 3.27. The lowest BCUT2D eigenvalue weighted by Crippen LogP contribution is -2.50. The molecule has 2 atom stereocenters. The van der Waals surface area contributed by atoms with Gasteiger partial charge in [0.15, 0.2) is 5.92 Å². The highest BCUT2D eigenvalue weighted by molar-refractivity contribution is 6.12. The standard InChI is InChI=1S/C29H28O9/c1-33-19-13-11-18(12-14-19)29(26(30)23-21(35-3)15-20(34-2)16-22(23)38-29)25(17-9-7-6-8-10-17)24(27(31)36-4)28(32)37-5/h6-16,24-25H,1-5H3. The van der Waals surface area contributed by atoms with Crippen LogP contribution < -0.4 is 18.9 Å². The molecule has 9 heteroatoms. The Morgan fingerprint density at radius 3 is 1.89 bits per heavy atom. The number of ketones is 1. The maximum atomic E-state index is 14.6. The van der Waals surface area contributed by atoms with Gasteiger partial charge in [0.2, 0.25) is 11.4 Å². The summed E-state index contributed by atoms with van der Waals surface area (Å²) in [5, 5.41) is 0. The number of esters is 2. The number of ether oxygens (including phenoxy) is 6. The van der Waals surface area contributed by atoms with Gasteiger partial charge in [0, 0.05) is 17.7 Å². The quantitative estimate of drug-likeness (QED) is 0.306. The SMILES string of the molecule is COC(=O)C(C(=O)OC)C(c1ccccc1)C1(c2ccc(OC)cc2)Oc2cc(OC)cc(OC)c2C1=O. The van der Waals surface area contributed by atoms with Crippen molar-refractivity contribution in [2.75, 3.05) is 35.5 Å². The molecule has 1 heterocycles. The fourth-order valence-corrected chi connectivity index (χ4v) is 4.91. The van der Waals surface area contributed by atoms with E-state index in [1.807, 2.05) is 0 Å². The minimum atomic E-state index is -1.90. The van der Waals surface area contributed by atoms with E-state index in [-0.39, 0.29) is 17.1 Å². The average molecular weight is 521 g/mol. The van der Waals surface area contributed by atoms with Gasteiger partial charge in [0.05, 0.1) is 41.5 Å². The van der Waals surface area contributed by atoms with Crippen LogP contribution in [0.3, 0.4) is 0 Å². The summed E-state index contributed by atoms with van der Waals surface area (Å²) in [6, 6.07) is 18.5. The molecule has 0 amide bonds. The number of benzene rings is 3. The van der Waals surface area contributed by atoms with Gasteiger partial charge in [0.25, 0.3) is 0 Å². The molecule has 9 nitrogen and oxygen atoms in total. The Bertz CT molecular complexity index is 1320. The summed E-state index contributed by atoms with van der Waals surface area (Å²) in [7, 11) is 6.76.